The Bertz CT molecular complexity index is 386. The van der Waals surface area contributed by atoms with Gasteiger partial charge >= 0.3 is 0 Å². The van der Waals surface area contributed by atoms with Crippen LogP contribution in [0.15, 0.2) is 18.2 Å². The first-order valence-electron chi connectivity index (χ1n) is 6.15. The molecule has 1 amide bonds. The Kier molecular flexibility index (Phi) is 5.01. The van der Waals surface area contributed by atoms with Crippen LogP contribution in [0.25, 0.3) is 0 Å². The smallest absolute Gasteiger partial charge is 0.253 e. The van der Waals surface area contributed by atoms with Gasteiger partial charge in [0, 0.05) is 12.2 Å². The Hall–Kier alpha value is -1.51. The second-order valence-corrected chi connectivity index (χ2v) is 4.88. The first-order chi connectivity index (χ1) is 8.00. The van der Waals surface area contributed by atoms with Gasteiger partial charge in [0.1, 0.15) is 0 Å². The van der Waals surface area contributed by atoms with Crippen LogP contribution >= 0.6 is 0 Å². The Morgan fingerprint density at radius 3 is 2.76 bits per heavy atom. The van der Waals surface area contributed by atoms with Gasteiger partial charge in [0.05, 0.1) is 5.56 Å². The molecule has 0 aliphatic carbocycles. The van der Waals surface area contributed by atoms with Crippen LogP contribution in [-0.2, 0) is 0 Å². The summed E-state index contributed by atoms with van der Waals surface area (Å²) in [6.45, 7) is 7.03. The van der Waals surface area contributed by atoms with E-state index in [1.165, 1.54) is 0 Å². The van der Waals surface area contributed by atoms with Crippen LogP contribution in [0.5, 0.6) is 0 Å². The van der Waals surface area contributed by atoms with E-state index in [4.69, 9.17) is 5.73 Å². The maximum atomic E-state index is 11.9. The van der Waals surface area contributed by atoms with Crippen molar-refractivity contribution in [1.82, 2.24) is 5.32 Å². The van der Waals surface area contributed by atoms with E-state index in [1.807, 2.05) is 19.1 Å². The van der Waals surface area contributed by atoms with E-state index < -0.39 is 0 Å². The molecule has 0 aromatic heterocycles. The predicted molar refractivity (Wildman–Crippen MR) is 72.0 cm³/mol. The van der Waals surface area contributed by atoms with E-state index >= 15 is 0 Å². The number of rotatable bonds is 5. The maximum absolute atomic E-state index is 11.9. The van der Waals surface area contributed by atoms with Crippen molar-refractivity contribution < 1.29 is 4.79 Å². The molecule has 3 heteroatoms. The number of carbonyl (C=O) groups excluding carboxylic acids is 1. The molecule has 0 saturated carbocycles. The lowest BCUT2D eigenvalue weighted by Crippen LogP contribution is -2.25. The fraction of sp³-hybridized carbons (Fsp3) is 0.500. The molecule has 0 radical (unpaired) electrons. The molecule has 1 rings (SSSR count). The quantitative estimate of drug-likeness (QED) is 0.608. The van der Waals surface area contributed by atoms with Crippen molar-refractivity contribution in [2.24, 2.45) is 5.92 Å². The van der Waals surface area contributed by atoms with Gasteiger partial charge in [-0.25, -0.2) is 0 Å². The van der Waals surface area contributed by atoms with Crippen molar-refractivity contribution in [2.45, 2.75) is 33.6 Å². The zero-order chi connectivity index (χ0) is 12.8. The van der Waals surface area contributed by atoms with Crippen molar-refractivity contribution in [1.29, 1.82) is 0 Å². The summed E-state index contributed by atoms with van der Waals surface area (Å²) in [4.78, 5) is 11.9. The van der Waals surface area contributed by atoms with E-state index in [9.17, 15) is 4.79 Å². The second-order valence-electron chi connectivity index (χ2n) is 4.88. The number of hydrogen-bond acceptors (Lipinski definition) is 2. The summed E-state index contributed by atoms with van der Waals surface area (Å²) in [5, 5.41) is 2.90. The molecule has 0 aliphatic rings. The molecule has 17 heavy (non-hydrogen) atoms. The highest BCUT2D eigenvalue weighted by atomic mass is 16.1. The third-order valence-corrected chi connectivity index (χ3v) is 2.70. The molecule has 0 fully saturated rings. The van der Waals surface area contributed by atoms with Crippen molar-refractivity contribution in [3.05, 3.63) is 29.3 Å². The van der Waals surface area contributed by atoms with E-state index in [1.54, 1.807) is 6.07 Å². The third-order valence-electron chi connectivity index (χ3n) is 2.70. The highest BCUT2D eigenvalue weighted by molar-refractivity contribution is 5.99. The highest BCUT2D eigenvalue weighted by Gasteiger charge is 2.08. The SMILES string of the molecule is Cc1ccc(N)c(C(=O)NCCCC(C)C)c1. The summed E-state index contributed by atoms with van der Waals surface area (Å²) in [5.41, 5.74) is 7.95. The molecule has 1 aromatic rings. The number of nitrogens with one attached hydrogen (secondary N) is 1. The van der Waals surface area contributed by atoms with E-state index in [0.29, 0.717) is 23.7 Å². The number of nitrogen functional groups attached to an aromatic ring is 1. The van der Waals surface area contributed by atoms with Gasteiger partial charge in [0.15, 0.2) is 0 Å². The minimum Gasteiger partial charge on any atom is -0.398 e. The topological polar surface area (TPSA) is 55.1 Å². The Balaban J connectivity index is 2.49. The Morgan fingerprint density at radius 2 is 2.12 bits per heavy atom. The standard InChI is InChI=1S/C14H22N2O/c1-10(2)5-4-8-16-14(17)12-9-11(3)6-7-13(12)15/h6-7,9-10H,4-5,8,15H2,1-3H3,(H,16,17). The largest absolute Gasteiger partial charge is 0.398 e. The molecule has 0 heterocycles. The summed E-state index contributed by atoms with van der Waals surface area (Å²) >= 11 is 0. The van der Waals surface area contributed by atoms with Crippen LogP contribution in [0.2, 0.25) is 0 Å². The van der Waals surface area contributed by atoms with Gasteiger partial charge in [-0.2, -0.15) is 0 Å². The van der Waals surface area contributed by atoms with Gasteiger partial charge in [-0.1, -0.05) is 25.5 Å². The summed E-state index contributed by atoms with van der Waals surface area (Å²) in [5.74, 6) is 0.603. The van der Waals surface area contributed by atoms with Crippen molar-refractivity contribution in [3.8, 4) is 0 Å². The molecule has 0 aliphatic heterocycles. The number of anilines is 1. The number of hydrogen-bond donors (Lipinski definition) is 2. The van der Waals surface area contributed by atoms with Crippen molar-refractivity contribution in [3.63, 3.8) is 0 Å². The van der Waals surface area contributed by atoms with Gasteiger partial charge in [-0.15, -0.1) is 0 Å². The van der Waals surface area contributed by atoms with Crippen LogP contribution in [0.4, 0.5) is 5.69 Å². The normalized spacial score (nSPS) is 10.6. The first kappa shape index (κ1) is 13.6. The molecule has 1 aromatic carbocycles. The molecule has 3 nitrogen and oxygen atoms in total. The number of carbonyl (C=O) groups is 1. The fourth-order valence-electron chi connectivity index (χ4n) is 1.67. The van der Waals surface area contributed by atoms with E-state index in [-0.39, 0.29) is 5.91 Å². The predicted octanol–water partition coefficient (Wildman–Crippen LogP) is 2.74. The average Bonchev–Trinajstić information content (AvgIpc) is 2.27. The molecule has 0 saturated heterocycles. The lowest BCUT2D eigenvalue weighted by atomic mass is 10.1. The molecule has 3 N–H and O–H groups in total. The van der Waals surface area contributed by atoms with Gasteiger partial charge in [-0.05, 0) is 37.8 Å². The van der Waals surface area contributed by atoms with Gasteiger partial charge < -0.3 is 11.1 Å². The fourth-order valence-corrected chi connectivity index (χ4v) is 1.67. The van der Waals surface area contributed by atoms with Gasteiger partial charge in [0.25, 0.3) is 5.91 Å². The summed E-state index contributed by atoms with van der Waals surface area (Å²) in [6.07, 6.45) is 2.14. The monoisotopic (exact) mass is 234 g/mol. The number of amides is 1. The number of aryl methyl sites for hydroxylation is 1. The van der Waals surface area contributed by atoms with Crippen molar-refractivity contribution >= 4 is 11.6 Å². The Morgan fingerprint density at radius 1 is 1.41 bits per heavy atom. The van der Waals surface area contributed by atoms with E-state index in [0.717, 1.165) is 18.4 Å². The minimum absolute atomic E-state index is 0.0741. The van der Waals surface area contributed by atoms with Crippen LogP contribution in [-0.4, -0.2) is 12.5 Å². The summed E-state index contributed by atoms with van der Waals surface area (Å²) < 4.78 is 0. The lowest BCUT2D eigenvalue weighted by Gasteiger charge is -2.09. The summed E-state index contributed by atoms with van der Waals surface area (Å²) in [6, 6.07) is 5.51. The zero-order valence-electron chi connectivity index (χ0n) is 10.9. The second kappa shape index (κ2) is 6.28. The number of nitrogens with two attached hydrogens (primary N) is 1. The minimum atomic E-state index is -0.0741. The zero-order valence-corrected chi connectivity index (χ0v) is 10.9. The highest BCUT2D eigenvalue weighted by Crippen LogP contribution is 2.13. The van der Waals surface area contributed by atoms with Gasteiger partial charge in [0.2, 0.25) is 0 Å². The number of benzene rings is 1. The molecule has 0 atom stereocenters. The molecule has 0 spiro atoms. The van der Waals surface area contributed by atoms with Crippen LogP contribution < -0.4 is 11.1 Å². The molecule has 0 unspecified atom stereocenters. The molecule has 94 valence electrons. The first-order valence-corrected chi connectivity index (χ1v) is 6.15. The summed E-state index contributed by atoms with van der Waals surface area (Å²) in [7, 11) is 0. The van der Waals surface area contributed by atoms with Crippen LogP contribution in [0.3, 0.4) is 0 Å². The van der Waals surface area contributed by atoms with Crippen LogP contribution in [0, 0.1) is 12.8 Å². The van der Waals surface area contributed by atoms with Crippen molar-refractivity contribution in [2.75, 3.05) is 12.3 Å². The van der Waals surface area contributed by atoms with Crippen LogP contribution in [0.1, 0.15) is 42.6 Å². The third kappa shape index (κ3) is 4.47. The average molecular weight is 234 g/mol. The molecule has 0 bridgehead atoms. The molecular formula is C14H22N2O. The maximum Gasteiger partial charge on any atom is 0.253 e. The lowest BCUT2D eigenvalue weighted by molar-refractivity contribution is 0.0953. The van der Waals surface area contributed by atoms with Gasteiger partial charge in [-0.3, -0.25) is 4.79 Å². The molecular weight excluding hydrogens is 212 g/mol. The van der Waals surface area contributed by atoms with E-state index in [2.05, 4.69) is 19.2 Å². The Labute approximate surface area is 103 Å².